The number of esters is 1. The third-order valence-electron chi connectivity index (χ3n) is 17.8. The van der Waals surface area contributed by atoms with Crippen molar-refractivity contribution >= 4 is 92.2 Å². The van der Waals surface area contributed by atoms with Crippen LogP contribution in [-0.2, 0) is 64.5 Å². The van der Waals surface area contributed by atoms with Crippen LogP contribution < -0.4 is 49.6 Å². The number of para-hydroxylation sites is 4. The highest BCUT2D eigenvalue weighted by molar-refractivity contribution is 7.90. The molecule has 0 aliphatic carbocycles. The van der Waals surface area contributed by atoms with E-state index in [1.54, 1.807) is 86.2 Å². The summed E-state index contributed by atoms with van der Waals surface area (Å²) in [6, 6.07) is 49.1. The van der Waals surface area contributed by atoms with Crippen molar-refractivity contribution in [1.29, 1.82) is 0 Å². The Bertz CT molecular complexity index is 5200. The molecule has 31 heteroatoms. The lowest BCUT2D eigenvalue weighted by atomic mass is 10.1. The summed E-state index contributed by atoms with van der Waals surface area (Å²) in [5.41, 5.74) is 4.66. The predicted molar refractivity (Wildman–Crippen MR) is 460 cm³/mol. The number of primary sulfonamides is 3. The summed E-state index contributed by atoms with van der Waals surface area (Å²) >= 11 is 0. The number of nitrogens with zero attached hydrogens (tertiary/aromatic N) is 7. The Labute approximate surface area is 684 Å². The van der Waals surface area contributed by atoms with E-state index in [0.29, 0.717) is 82.9 Å². The molecule has 27 nitrogen and oxygen atoms in total. The number of aliphatic hydroxyl groups excluding tert-OH is 1. The smallest absolute Gasteiger partial charge is 0.337 e. The van der Waals surface area contributed by atoms with Crippen molar-refractivity contribution in [3.63, 3.8) is 0 Å². The third kappa shape index (κ3) is 28.4. The van der Waals surface area contributed by atoms with Gasteiger partial charge in [-0.2, -0.15) is 8.42 Å². The zero-order valence-corrected chi connectivity index (χ0v) is 71.0. The Morgan fingerprint density at radius 1 is 0.543 bits per heavy atom. The molecule has 0 amide bonds. The molecule has 626 valence electrons. The van der Waals surface area contributed by atoms with Crippen LogP contribution in [0.2, 0.25) is 0 Å². The number of carboxylic acid groups (broad SMARTS) is 1. The van der Waals surface area contributed by atoms with E-state index in [2.05, 4.69) is 88.8 Å². The normalized spacial score (nSPS) is 11.4. The number of nitrogens with two attached hydrogens (primary N) is 3. The van der Waals surface area contributed by atoms with Gasteiger partial charge in [0.1, 0.15) is 49.0 Å². The van der Waals surface area contributed by atoms with Gasteiger partial charge in [-0.1, -0.05) is 159 Å². The second-order valence-electron chi connectivity index (χ2n) is 27.3. The topological polar surface area (TPSA) is 381 Å². The number of carbonyl (C=O) groups excluding carboxylic acids is 1. The Kier molecular flexibility index (Phi) is 37.6. The van der Waals surface area contributed by atoms with Gasteiger partial charge in [-0.25, -0.2) is 55.2 Å². The van der Waals surface area contributed by atoms with Gasteiger partial charge in [-0.05, 0) is 154 Å². The van der Waals surface area contributed by atoms with Gasteiger partial charge in [-0.3, -0.25) is 0 Å². The minimum absolute atomic E-state index is 0.0173. The minimum atomic E-state index is -4.22. The summed E-state index contributed by atoms with van der Waals surface area (Å²) in [5, 5.41) is 39.2. The summed E-state index contributed by atoms with van der Waals surface area (Å²) in [7, 11) is -11.9. The number of rotatable bonds is 40. The number of imidazole rings is 1. The molecule has 0 atom stereocenters. The molecule has 8 aromatic carbocycles. The number of aromatic carboxylic acids is 1. The van der Waals surface area contributed by atoms with Crippen LogP contribution in [0.15, 0.2) is 194 Å². The van der Waals surface area contributed by atoms with E-state index in [9.17, 15) is 53.5 Å². The fourth-order valence-electron chi connectivity index (χ4n) is 11.8. The molecule has 9 rings (SSSR count). The number of terminal acetylenes is 1. The van der Waals surface area contributed by atoms with Crippen LogP contribution in [0.4, 0.5) is 22.7 Å². The molecule has 9 N–H and O–H groups in total. The Morgan fingerprint density at radius 2 is 0.957 bits per heavy atom. The number of carboxylic acids is 1. The quantitative estimate of drug-likeness (QED) is 0.00683. The van der Waals surface area contributed by atoms with Gasteiger partial charge in [0, 0.05) is 65.6 Å². The van der Waals surface area contributed by atoms with Gasteiger partial charge >= 0.3 is 11.9 Å². The molecule has 0 radical (unpaired) electrons. The molecular weight excluding hydrogens is 1560 g/mol. The molecule has 1 heterocycles. The molecular formula is C85H111N11O16S4. The van der Waals surface area contributed by atoms with Crippen LogP contribution in [0.1, 0.15) is 156 Å². The van der Waals surface area contributed by atoms with Crippen molar-refractivity contribution in [3.05, 3.63) is 198 Å². The maximum Gasteiger partial charge on any atom is 0.337 e. The number of fused-ring (bicyclic) bond motifs is 1. The van der Waals surface area contributed by atoms with Gasteiger partial charge in [0.05, 0.1) is 59.5 Å². The van der Waals surface area contributed by atoms with E-state index < -0.39 is 52.0 Å². The number of unbranched alkanes of at least 4 members (excludes halogenated alkanes) is 6. The minimum Gasteiger partial charge on any atom is -0.478 e. The molecule has 1 aromatic heterocycles. The van der Waals surface area contributed by atoms with Gasteiger partial charge < -0.3 is 58.6 Å². The number of methoxy groups -OCH3 is 1. The predicted octanol–water partition coefficient (Wildman–Crippen LogP) is 15.4. The van der Waals surface area contributed by atoms with Gasteiger partial charge in [0.2, 0.25) is 30.1 Å². The highest BCUT2D eigenvalue weighted by atomic mass is 32.2. The zero-order valence-electron chi connectivity index (χ0n) is 67.8. The van der Waals surface area contributed by atoms with Gasteiger partial charge in [0.25, 0.3) is 10.0 Å². The third-order valence-corrected chi connectivity index (χ3v) is 21.8. The maximum atomic E-state index is 12.7. The lowest BCUT2D eigenvalue weighted by Crippen LogP contribution is -2.27. The van der Waals surface area contributed by atoms with E-state index >= 15 is 0 Å². The molecule has 0 unspecified atom stereocenters. The van der Waals surface area contributed by atoms with Crippen LogP contribution in [-0.4, -0.2) is 137 Å². The molecule has 0 aliphatic rings. The molecule has 0 saturated heterocycles. The first-order chi connectivity index (χ1) is 55.3. The number of sulfonamides is 4. The number of anilines is 4. The summed E-state index contributed by atoms with van der Waals surface area (Å²) in [6.07, 6.45) is 18.2. The first kappa shape index (κ1) is 94.3. The van der Waals surface area contributed by atoms with Crippen LogP contribution in [0.25, 0.3) is 11.0 Å². The molecule has 0 fully saturated rings. The second-order valence-corrected chi connectivity index (χ2v) is 33.5. The van der Waals surface area contributed by atoms with Crippen molar-refractivity contribution in [2.75, 3.05) is 80.5 Å². The summed E-state index contributed by atoms with van der Waals surface area (Å²) in [4.78, 5) is 35.1. The average Bonchev–Trinajstić information content (AvgIpc) is 1.49. The number of aromatic nitrogens is 2. The van der Waals surface area contributed by atoms with Crippen molar-refractivity contribution in [2.24, 2.45) is 19.8 Å². The number of hydrogen-bond acceptors (Lipinski definition) is 20. The van der Waals surface area contributed by atoms with E-state index in [4.69, 9.17) is 36.1 Å². The molecule has 9 aromatic rings. The Morgan fingerprint density at radius 3 is 1.38 bits per heavy atom. The molecule has 0 bridgehead atoms. The Hall–Kier alpha value is -10.6. The number of nitrogens with one attached hydrogen (secondary N) is 1. The number of aliphatic hydroxyl groups is 1. The largest absolute Gasteiger partial charge is 0.478 e. The summed E-state index contributed by atoms with van der Waals surface area (Å²) in [6.45, 7) is 19.1. The van der Waals surface area contributed by atoms with Crippen LogP contribution >= 0.6 is 0 Å². The molecule has 0 spiro atoms. The summed E-state index contributed by atoms with van der Waals surface area (Å²) in [5.74, 6) is 3.10. The monoisotopic (exact) mass is 1670 g/mol. The van der Waals surface area contributed by atoms with Gasteiger partial charge in [-0.15, -0.1) is 10.8 Å². The number of benzene rings is 8. The fourth-order valence-corrected chi connectivity index (χ4v) is 15.1. The Balaban J connectivity index is 0.000000242. The number of carbonyl (C=O) groups is 2. The van der Waals surface area contributed by atoms with Crippen LogP contribution in [0.3, 0.4) is 0 Å². The second kappa shape index (κ2) is 46.3. The van der Waals surface area contributed by atoms with Crippen molar-refractivity contribution < 1.29 is 72.4 Å². The molecule has 0 saturated carbocycles. The molecule has 116 heavy (non-hydrogen) atoms. The SMILES string of the molecule is C#CCn1c(C)nc2cc(C(=O)OC)cc(S(=O)(=O)N=CN(C)C)c21.CCCCN(CCCC)c1cc(C(=O)O)cc(S(N)(=O)=O)c1Oc1ccccc1.CCCCN(CCCC)c1cc(CO)cc(S(N)(=O)=O)c1Oc1ccccc1.CCCCNc1cc(CN(CCCC)c2ccccc2)cc(S(N)(=O)=O)c1Oc1ccccc1. The lowest BCUT2D eigenvalue weighted by Gasteiger charge is -2.28. The van der Waals surface area contributed by atoms with Crippen molar-refractivity contribution in [1.82, 2.24) is 14.5 Å². The van der Waals surface area contributed by atoms with Crippen LogP contribution in [0.5, 0.6) is 34.5 Å². The zero-order chi connectivity index (χ0) is 85.2. The van der Waals surface area contributed by atoms with Crippen molar-refractivity contribution in [3.8, 4) is 46.8 Å². The highest BCUT2D eigenvalue weighted by Crippen LogP contribution is 2.43. The standard InChI is InChI=1S/C27H35N3O3S.C21H28N2O5S.C21H30N2O4S.C16H18N4O4S/c1-3-5-17-29-25-19-22(21-30(18-6-4-2)23-13-9-7-10-14-23)20-26(34(28,31)32)27(25)33-24-15-11-8-12-16-24;1-3-5-12-23(13-6-4-2)18-14-16(21(24)25)15-19(29(22,26)27)20(18)28-17-10-8-7-9-11-17;1-3-5-12-23(13-6-4-2)19-14-17(16-24)15-20(28(22,25)26)21(19)27-18-10-8-7-9-11-18;1-6-7-20-11(2)18-13-8-12(16(21)24-5)9-14(15(13)20)25(22,23)17-10-19(3)4/h7-16,19-20,29H,3-6,17-18,21H2,1-2H3,(H2,28,31,32);7-11,14-15H,3-6,12-13H2,1-2H3,(H,24,25)(H2,22,26,27);7-11,14-15,24H,3-6,12-13,16H2,1-2H3,(H2,22,25,26);1,8-10H,7H2,2-5H3. The summed E-state index contributed by atoms with van der Waals surface area (Å²) < 4.78 is 128. The van der Waals surface area contributed by atoms with E-state index in [-0.39, 0.29) is 61.1 Å². The highest BCUT2D eigenvalue weighted by Gasteiger charge is 2.30. The van der Waals surface area contributed by atoms with Crippen LogP contribution in [0, 0.1) is 19.3 Å². The van der Waals surface area contributed by atoms with E-state index in [1.807, 2.05) is 71.6 Å². The first-order valence-electron chi connectivity index (χ1n) is 38.5. The maximum absolute atomic E-state index is 12.7. The van der Waals surface area contributed by atoms with E-state index in [0.717, 1.165) is 114 Å². The first-order valence-corrected chi connectivity index (χ1v) is 44.6. The van der Waals surface area contributed by atoms with Crippen molar-refractivity contribution in [2.45, 2.75) is 165 Å². The molecule has 0 aliphatic heterocycles. The number of ether oxygens (including phenoxy) is 4. The number of hydrogen-bond donors (Lipinski definition) is 6. The lowest BCUT2D eigenvalue weighted by molar-refractivity contribution is 0.0599. The number of aryl methyl sites for hydroxylation is 1. The fraction of sp³-hybridized carbons (Fsp3) is 0.365. The van der Waals surface area contributed by atoms with Gasteiger partial charge in [0.15, 0.2) is 17.2 Å². The average molecular weight is 1670 g/mol. The van der Waals surface area contributed by atoms with E-state index in [1.165, 1.54) is 42.6 Å².